The summed E-state index contributed by atoms with van der Waals surface area (Å²) in [5.41, 5.74) is -1.75. The van der Waals surface area contributed by atoms with E-state index in [1.807, 2.05) is 0 Å². The van der Waals surface area contributed by atoms with E-state index in [1.54, 1.807) is 4.90 Å². The lowest BCUT2D eigenvalue weighted by Crippen LogP contribution is -2.25. The van der Waals surface area contributed by atoms with Crippen LogP contribution in [0.25, 0.3) is 0 Å². The van der Waals surface area contributed by atoms with E-state index in [0.29, 0.717) is 19.8 Å². The number of hydrogen-bond donors (Lipinski definition) is 1. The number of aromatic nitrogens is 2. The van der Waals surface area contributed by atoms with Gasteiger partial charge >= 0.3 is 6.18 Å². The SMILES string of the molecule is N#Cc1cnc(N2CCNC2)nc1C(F)(F)F. The molecule has 17 heavy (non-hydrogen) atoms. The van der Waals surface area contributed by atoms with Crippen LogP contribution in [0.5, 0.6) is 0 Å². The van der Waals surface area contributed by atoms with Crippen molar-refractivity contribution in [3.05, 3.63) is 17.5 Å². The first kappa shape index (κ1) is 11.6. The molecule has 5 nitrogen and oxygen atoms in total. The van der Waals surface area contributed by atoms with Crippen LogP contribution in [0.1, 0.15) is 11.3 Å². The fourth-order valence-corrected chi connectivity index (χ4v) is 1.50. The molecule has 0 aliphatic carbocycles. The van der Waals surface area contributed by atoms with Crippen LogP contribution in [-0.4, -0.2) is 29.7 Å². The average Bonchev–Trinajstić information content (AvgIpc) is 2.80. The molecule has 1 aromatic heterocycles. The van der Waals surface area contributed by atoms with Crippen molar-refractivity contribution < 1.29 is 13.2 Å². The summed E-state index contributed by atoms with van der Waals surface area (Å²) >= 11 is 0. The second-order valence-corrected chi connectivity index (χ2v) is 3.46. The first-order chi connectivity index (χ1) is 8.02. The summed E-state index contributed by atoms with van der Waals surface area (Å²) in [4.78, 5) is 8.76. The van der Waals surface area contributed by atoms with Gasteiger partial charge in [0.25, 0.3) is 0 Å². The minimum atomic E-state index is -4.64. The summed E-state index contributed by atoms with van der Waals surface area (Å²) in [6, 6.07) is 1.44. The third kappa shape index (κ3) is 2.29. The second kappa shape index (κ2) is 4.18. The van der Waals surface area contributed by atoms with E-state index < -0.39 is 17.4 Å². The molecule has 1 aliphatic rings. The van der Waals surface area contributed by atoms with Gasteiger partial charge < -0.3 is 4.90 Å². The Morgan fingerprint density at radius 1 is 1.47 bits per heavy atom. The standard InChI is InChI=1S/C9H8F3N5/c10-9(11,12)7-6(3-13)4-15-8(16-7)17-2-1-14-5-17/h4,14H,1-2,5H2. The highest BCUT2D eigenvalue weighted by Gasteiger charge is 2.37. The van der Waals surface area contributed by atoms with Gasteiger partial charge in [0.1, 0.15) is 11.6 Å². The van der Waals surface area contributed by atoms with E-state index in [9.17, 15) is 13.2 Å². The van der Waals surface area contributed by atoms with Gasteiger partial charge in [-0.1, -0.05) is 0 Å². The van der Waals surface area contributed by atoms with Crippen LogP contribution in [0.15, 0.2) is 6.20 Å². The van der Waals surface area contributed by atoms with Crippen molar-refractivity contribution >= 4 is 5.95 Å². The van der Waals surface area contributed by atoms with E-state index in [1.165, 1.54) is 6.07 Å². The fraction of sp³-hybridized carbons (Fsp3) is 0.444. The third-order valence-electron chi connectivity index (χ3n) is 2.31. The number of nitrogens with zero attached hydrogens (tertiary/aromatic N) is 4. The molecule has 1 N–H and O–H groups in total. The number of nitriles is 1. The van der Waals surface area contributed by atoms with Gasteiger partial charge in [-0.3, -0.25) is 5.32 Å². The molecular formula is C9H8F3N5. The first-order valence-electron chi connectivity index (χ1n) is 4.82. The maximum atomic E-state index is 12.6. The van der Waals surface area contributed by atoms with Crippen LogP contribution >= 0.6 is 0 Å². The maximum Gasteiger partial charge on any atom is 0.434 e. The summed E-state index contributed by atoms with van der Waals surface area (Å²) in [6.07, 6.45) is -3.74. The number of alkyl halides is 3. The number of anilines is 1. The van der Waals surface area contributed by atoms with Crippen LogP contribution in [-0.2, 0) is 6.18 Å². The van der Waals surface area contributed by atoms with Gasteiger partial charge in [0.15, 0.2) is 5.69 Å². The molecule has 90 valence electrons. The Bertz CT molecular complexity index is 459. The Labute approximate surface area is 94.9 Å². The Hall–Kier alpha value is -1.88. The van der Waals surface area contributed by atoms with Crippen molar-refractivity contribution in [3.63, 3.8) is 0 Å². The van der Waals surface area contributed by atoms with Crippen molar-refractivity contribution in [2.75, 3.05) is 24.7 Å². The summed E-state index contributed by atoms with van der Waals surface area (Å²) in [5, 5.41) is 11.5. The van der Waals surface area contributed by atoms with Crippen molar-refractivity contribution in [2.45, 2.75) is 6.18 Å². The van der Waals surface area contributed by atoms with Crippen LogP contribution in [0, 0.1) is 11.3 Å². The molecule has 1 saturated heterocycles. The van der Waals surface area contributed by atoms with Crippen molar-refractivity contribution in [1.82, 2.24) is 15.3 Å². The highest BCUT2D eigenvalue weighted by molar-refractivity contribution is 5.40. The molecule has 1 aliphatic heterocycles. The normalized spacial score (nSPS) is 16.0. The zero-order valence-electron chi connectivity index (χ0n) is 8.62. The highest BCUT2D eigenvalue weighted by atomic mass is 19.4. The highest BCUT2D eigenvalue weighted by Crippen LogP contribution is 2.30. The molecule has 1 aromatic rings. The van der Waals surface area contributed by atoms with E-state index in [2.05, 4.69) is 15.3 Å². The van der Waals surface area contributed by atoms with Gasteiger partial charge in [0.2, 0.25) is 5.95 Å². The van der Waals surface area contributed by atoms with E-state index in [-0.39, 0.29) is 5.95 Å². The van der Waals surface area contributed by atoms with Crippen molar-refractivity contribution in [1.29, 1.82) is 5.26 Å². The topological polar surface area (TPSA) is 64.8 Å². The van der Waals surface area contributed by atoms with E-state index in [4.69, 9.17) is 5.26 Å². The molecule has 0 amide bonds. The minimum Gasteiger partial charge on any atom is -0.327 e. The summed E-state index contributed by atoms with van der Waals surface area (Å²) in [6.45, 7) is 1.62. The Kier molecular flexibility index (Phi) is 2.85. The predicted octanol–water partition coefficient (Wildman–Crippen LogP) is 0.734. The van der Waals surface area contributed by atoms with Crippen LogP contribution < -0.4 is 10.2 Å². The number of halogens is 3. The molecule has 2 heterocycles. The molecule has 8 heteroatoms. The fourth-order valence-electron chi connectivity index (χ4n) is 1.50. The maximum absolute atomic E-state index is 12.6. The average molecular weight is 243 g/mol. The monoisotopic (exact) mass is 243 g/mol. The number of rotatable bonds is 1. The zero-order chi connectivity index (χ0) is 12.5. The second-order valence-electron chi connectivity index (χ2n) is 3.46. The molecule has 0 atom stereocenters. The molecule has 1 fully saturated rings. The number of hydrogen-bond acceptors (Lipinski definition) is 5. The smallest absolute Gasteiger partial charge is 0.327 e. The Balaban J connectivity index is 2.42. The summed E-state index contributed by atoms with van der Waals surface area (Å²) < 4.78 is 37.9. The van der Waals surface area contributed by atoms with E-state index in [0.717, 1.165) is 6.20 Å². The zero-order valence-corrected chi connectivity index (χ0v) is 8.62. The molecule has 0 bridgehead atoms. The van der Waals surface area contributed by atoms with Gasteiger partial charge in [-0.2, -0.15) is 18.4 Å². The largest absolute Gasteiger partial charge is 0.434 e. The van der Waals surface area contributed by atoms with Gasteiger partial charge in [-0.05, 0) is 0 Å². The van der Waals surface area contributed by atoms with Gasteiger partial charge in [0.05, 0.1) is 12.9 Å². The van der Waals surface area contributed by atoms with Gasteiger partial charge in [-0.25, -0.2) is 9.97 Å². The predicted molar refractivity (Wildman–Crippen MR) is 52.0 cm³/mol. The van der Waals surface area contributed by atoms with Gasteiger partial charge in [0, 0.05) is 13.1 Å². The van der Waals surface area contributed by atoms with Crippen LogP contribution in [0.4, 0.5) is 19.1 Å². The first-order valence-corrected chi connectivity index (χ1v) is 4.82. The quantitative estimate of drug-likeness (QED) is 0.787. The molecule has 0 spiro atoms. The lowest BCUT2D eigenvalue weighted by molar-refractivity contribution is -0.141. The molecule has 2 rings (SSSR count). The van der Waals surface area contributed by atoms with E-state index >= 15 is 0 Å². The third-order valence-corrected chi connectivity index (χ3v) is 2.31. The Morgan fingerprint density at radius 2 is 2.24 bits per heavy atom. The lowest BCUT2D eigenvalue weighted by Gasteiger charge is -2.16. The van der Waals surface area contributed by atoms with Crippen LogP contribution in [0.3, 0.4) is 0 Å². The van der Waals surface area contributed by atoms with Crippen LogP contribution in [0.2, 0.25) is 0 Å². The molecular weight excluding hydrogens is 235 g/mol. The number of nitrogens with one attached hydrogen (secondary N) is 1. The summed E-state index contributed by atoms with van der Waals surface area (Å²) in [7, 11) is 0. The molecule has 0 aromatic carbocycles. The molecule has 0 saturated carbocycles. The lowest BCUT2D eigenvalue weighted by atomic mass is 10.2. The Morgan fingerprint density at radius 3 is 2.76 bits per heavy atom. The van der Waals surface area contributed by atoms with Gasteiger partial charge in [-0.15, -0.1) is 0 Å². The van der Waals surface area contributed by atoms with Crippen molar-refractivity contribution in [2.24, 2.45) is 0 Å². The summed E-state index contributed by atoms with van der Waals surface area (Å²) in [5.74, 6) is -0.0127. The minimum absolute atomic E-state index is 0.0127. The van der Waals surface area contributed by atoms with Crippen molar-refractivity contribution in [3.8, 4) is 6.07 Å². The molecule has 0 radical (unpaired) electrons. The molecule has 0 unspecified atom stereocenters.